The summed E-state index contributed by atoms with van der Waals surface area (Å²) in [5, 5.41) is 2.88. The number of para-hydroxylation sites is 1. The van der Waals surface area contributed by atoms with Gasteiger partial charge in [0.05, 0.1) is 12.0 Å². The van der Waals surface area contributed by atoms with Gasteiger partial charge in [-0.2, -0.15) is 0 Å². The number of ether oxygens (including phenoxy) is 1. The minimum atomic E-state index is -3.66. The Bertz CT molecular complexity index is 864. The molecule has 146 valence electrons. The molecule has 0 radical (unpaired) electrons. The van der Waals surface area contributed by atoms with Crippen molar-refractivity contribution in [2.24, 2.45) is 0 Å². The number of amides is 1. The van der Waals surface area contributed by atoms with Gasteiger partial charge in [-0.3, -0.25) is 4.79 Å². The summed E-state index contributed by atoms with van der Waals surface area (Å²) in [4.78, 5) is 12.3. The number of sulfonamides is 1. The van der Waals surface area contributed by atoms with E-state index in [0.717, 1.165) is 17.7 Å². The van der Waals surface area contributed by atoms with Gasteiger partial charge in [-0.15, -0.1) is 0 Å². The summed E-state index contributed by atoms with van der Waals surface area (Å²) in [6.07, 6.45) is 1.01. The summed E-state index contributed by atoms with van der Waals surface area (Å²) >= 11 is 0. The lowest BCUT2D eigenvalue weighted by molar-refractivity contribution is -0.116. The monoisotopic (exact) mass is 390 g/mol. The summed E-state index contributed by atoms with van der Waals surface area (Å²) in [6.45, 7) is 4.22. The Balaban J connectivity index is 1.92. The summed E-state index contributed by atoms with van der Waals surface area (Å²) < 4.78 is 32.0. The van der Waals surface area contributed by atoms with Gasteiger partial charge in [-0.1, -0.05) is 32.0 Å². The maximum Gasteiger partial charge on any atom is 0.240 e. The normalized spacial score (nSPS) is 12.4. The van der Waals surface area contributed by atoms with Crippen LogP contribution >= 0.6 is 0 Å². The standard InChI is InChI=1S/C20H26N2O4S/c1-4-15(2)18-7-5-6-8-19(18)22-20(23)13-14-21-27(24,25)17-11-9-16(26-3)10-12-17/h5-12,15,21H,4,13-14H2,1-3H3,(H,22,23). The van der Waals surface area contributed by atoms with Gasteiger partial charge in [0, 0.05) is 18.7 Å². The number of hydrogen-bond acceptors (Lipinski definition) is 4. The first-order chi connectivity index (χ1) is 12.9. The number of carbonyl (C=O) groups excluding carboxylic acids is 1. The largest absolute Gasteiger partial charge is 0.497 e. The lowest BCUT2D eigenvalue weighted by atomic mass is 9.97. The average molecular weight is 391 g/mol. The number of carbonyl (C=O) groups is 1. The van der Waals surface area contributed by atoms with Crippen LogP contribution < -0.4 is 14.8 Å². The summed E-state index contributed by atoms with van der Waals surface area (Å²) in [5.41, 5.74) is 1.85. The van der Waals surface area contributed by atoms with Gasteiger partial charge in [0.15, 0.2) is 0 Å². The molecule has 2 aromatic rings. The van der Waals surface area contributed by atoms with Gasteiger partial charge >= 0.3 is 0 Å². The van der Waals surface area contributed by atoms with E-state index < -0.39 is 10.0 Å². The third-order valence-corrected chi connectivity index (χ3v) is 5.87. The van der Waals surface area contributed by atoms with E-state index in [4.69, 9.17) is 4.74 Å². The minimum absolute atomic E-state index is 0.0195. The van der Waals surface area contributed by atoms with Crippen LogP contribution in [0.3, 0.4) is 0 Å². The van der Waals surface area contributed by atoms with E-state index in [9.17, 15) is 13.2 Å². The van der Waals surface area contributed by atoms with E-state index in [1.807, 2.05) is 24.3 Å². The fourth-order valence-corrected chi connectivity index (χ4v) is 3.64. The number of benzene rings is 2. The highest BCUT2D eigenvalue weighted by Crippen LogP contribution is 2.26. The molecular formula is C20H26N2O4S. The Morgan fingerprint density at radius 2 is 1.78 bits per heavy atom. The SMILES string of the molecule is CCC(C)c1ccccc1NC(=O)CCNS(=O)(=O)c1ccc(OC)cc1. The lowest BCUT2D eigenvalue weighted by Crippen LogP contribution is -2.28. The van der Waals surface area contributed by atoms with Gasteiger partial charge < -0.3 is 10.1 Å². The molecule has 0 saturated heterocycles. The van der Waals surface area contributed by atoms with Crippen molar-refractivity contribution in [1.82, 2.24) is 4.72 Å². The maximum atomic E-state index is 12.3. The Labute approximate surface area is 161 Å². The first-order valence-corrected chi connectivity index (χ1v) is 10.4. The zero-order valence-corrected chi connectivity index (χ0v) is 16.7. The zero-order valence-electron chi connectivity index (χ0n) is 15.9. The maximum absolute atomic E-state index is 12.3. The Kier molecular flexibility index (Phi) is 7.38. The predicted octanol–water partition coefficient (Wildman–Crippen LogP) is 3.52. The van der Waals surface area contributed by atoms with Crippen LogP contribution in [0.25, 0.3) is 0 Å². The van der Waals surface area contributed by atoms with Crippen LogP contribution in [-0.2, 0) is 14.8 Å². The van der Waals surface area contributed by atoms with Crippen molar-refractivity contribution in [3.63, 3.8) is 0 Å². The molecule has 0 saturated carbocycles. The molecule has 0 aliphatic carbocycles. The number of anilines is 1. The van der Waals surface area contributed by atoms with Crippen LogP contribution in [0, 0.1) is 0 Å². The van der Waals surface area contributed by atoms with Crippen molar-refractivity contribution < 1.29 is 17.9 Å². The van der Waals surface area contributed by atoms with E-state index in [0.29, 0.717) is 11.7 Å². The topological polar surface area (TPSA) is 84.5 Å². The minimum Gasteiger partial charge on any atom is -0.497 e. The first kappa shape index (κ1) is 20.9. The van der Waals surface area contributed by atoms with Gasteiger partial charge in [-0.25, -0.2) is 13.1 Å². The molecule has 1 unspecified atom stereocenters. The molecular weight excluding hydrogens is 364 g/mol. The fourth-order valence-electron chi connectivity index (χ4n) is 2.61. The van der Waals surface area contributed by atoms with E-state index in [-0.39, 0.29) is 23.8 Å². The lowest BCUT2D eigenvalue weighted by Gasteiger charge is -2.15. The quantitative estimate of drug-likeness (QED) is 0.686. The molecule has 2 aromatic carbocycles. The van der Waals surface area contributed by atoms with Crippen LogP contribution in [-0.4, -0.2) is 28.0 Å². The van der Waals surface area contributed by atoms with Crippen molar-refractivity contribution in [3.8, 4) is 5.75 Å². The van der Waals surface area contributed by atoms with Crippen molar-refractivity contribution >= 4 is 21.6 Å². The Morgan fingerprint density at radius 3 is 2.41 bits per heavy atom. The molecule has 0 aliphatic rings. The molecule has 27 heavy (non-hydrogen) atoms. The second-order valence-corrected chi connectivity index (χ2v) is 8.03. The second kappa shape index (κ2) is 9.53. The highest BCUT2D eigenvalue weighted by atomic mass is 32.2. The summed E-state index contributed by atoms with van der Waals surface area (Å²) in [5.74, 6) is 0.673. The van der Waals surface area contributed by atoms with Crippen molar-refractivity contribution in [2.45, 2.75) is 37.5 Å². The molecule has 1 atom stereocenters. The first-order valence-electron chi connectivity index (χ1n) is 8.90. The van der Waals surface area contributed by atoms with Crippen molar-refractivity contribution in [2.75, 3.05) is 19.0 Å². The number of rotatable bonds is 9. The highest BCUT2D eigenvalue weighted by Gasteiger charge is 2.15. The molecule has 1 amide bonds. The fraction of sp³-hybridized carbons (Fsp3) is 0.350. The Morgan fingerprint density at radius 1 is 1.11 bits per heavy atom. The third kappa shape index (κ3) is 5.80. The number of methoxy groups -OCH3 is 1. The van der Waals surface area contributed by atoms with Crippen LogP contribution in [0.4, 0.5) is 5.69 Å². The predicted molar refractivity (Wildman–Crippen MR) is 107 cm³/mol. The van der Waals surface area contributed by atoms with Crippen molar-refractivity contribution in [3.05, 3.63) is 54.1 Å². The van der Waals surface area contributed by atoms with E-state index in [1.165, 1.54) is 19.2 Å². The number of hydrogen-bond donors (Lipinski definition) is 2. The molecule has 2 rings (SSSR count). The smallest absolute Gasteiger partial charge is 0.240 e. The molecule has 0 fully saturated rings. The van der Waals surface area contributed by atoms with E-state index >= 15 is 0 Å². The molecule has 0 spiro atoms. The third-order valence-electron chi connectivity index (χ3n) is 4.39. The van der Waals surface area contributed by atoms with Crippen LogP contribution in [0.15, 0.2) is 53.4 Å². The van der Waals surface area contributed by atoms with Crippen LogP contribution in [0.5, 0.6) is 5.75 Å². The molecule has 2 N–H and O–H groups in total. The van der Waals surface area contributed by atoms with E-state index in [1.54, 1.807) is 12.1 Å². The van der Waals surface area contributed by atoms with Gasteiger partial charge in [-0.05, 0) is 48.2 Å². The van der Waals surface area contributed by atoms with Gasteiger partial charge in [0.25, 0.3) is 0 Å². The van der Waals surface area contributed by atoms with Crippen LogP contribution in [0.2, 0.25) is 0 Å². The molecule has 0 heterocycles. The van der Waals surface area contributed by atoms with Gasteiger partial charge in [0.2, 0.25) is 15.9 Å². The van der Waals surface area contributed by atoms with Crippen LogP contribution in [0.1, 0.15) is 38.2 Å². The second-order valence-electron chi connectivity index (χ2n) is 6.27. The summed E-state index contributed by atoms with van der Waals surface area (Å²) in [6, 6.07) is 13.7. The van der Waals surface area contributed by atoms with Gasteiger partial charge in [0.1, 0.15) is 5.75 Å². The Hall–Kier alpha value is -2.38. The summed E-state index contributed by atoms with van der Waals surface area (Å²) in [7, 11) is -2.15. The molecule has 7 heteroatoms. The molecule has 0 aliphatic heterocycles. The van der Waals surface area contributed by atoms with Crippen molar-refractivity contribution in [1.29, 1.82) is 0 Å². The molecule has 0 aromatic heterocycles. The highest BCUT2D eigenvalue weighted by molar-refractivity contribution is 7.89. The molecule has 6 nitrogen and oxygen atoms in total. The molecule has 0 bridgehead atoms. The zero-order chi connectivity index (χ0) is 19.9. The number of nitrogens with one attached hydrogen (secondary N) is 2. The average Bonchev–Trinajstić information content (AvgIpc) is 2.67. The van der Waals surface area contributed by atoms with E-state index in [2.05, 4.69) is 23.9 Å².